The molecule has 0 atom stereocenters. The highest BCUT2D eigenvalue weighted by Gasteiger charge is 2.16. The summed E-state index contributed by atoms with van der Waals surface area (Å²) in [5, 5.41) is 19.4. The summed E-state index contributed by atoms with van der Waals surface area (Å²) in [4.78, 5) is 2.43. The highest BCUT2D eigenvalue weighted by Crippen LogP contribution is 2.26. The number of nitrogens with zero attached hydrogens (tertiary/aromatic N) is 4. The summed E-state index contributed by atoms with van der Waals surface area (Å²) in [5.41, 5.74) is 2.15. The zero-order chi connectivity index (χ0) is 19.2. The van der Waals surface area contributed by atoms with Crippen molar-refractivity contribution in [3.8, 4) is 17.1 Å². The van der Waals surface area contributed by atoms with Crippen molar-refractivity contribution in [2.24, 2.45) is 0 Å². The first kappa shape index (κ1) is 19.0. The number of rotatable bonds is 7. The highest BCUT2D eigenvalue weighted by atomic mass is 32.2. The summed E-state index contributed by atoms with van der Waals surface area (Å²) in [6.07, 6.45) is 0. The third kappa shape index (κ3) is 4.73. The van der Waals surface area contributed by atoms with Crippen LogP contribution in [0.1, 0.15) is 5.56 Å². The van der Waals surface area contributed by atoms with Crippen LogP contribution in [0.2, 0.25) is 0 Å². The van der Waals surface area contributed by atoms with E-state index in [0.29, 0.717) is 6.54 Å². The van der Waals surface area contributed by atoms with E-state index in [1.807, 2.05) is 30.3 Å². The van der Waals surface area contributed by atoms with Gasteiger partial charge in [-0.15, -0.1) is 10.2 Å². The van der Waals surface area contributed by atoms with Crippen molar-refractivity contribution >= 4 is 11.8 Å². The van der Waals surface area contributed by atoms with Gasteiger partial charge in [0.15, 0.2) is 11.0 Å². The maximum Gasteiger partial charge on any atom is 0.191 e. The van der Waals surface area contributed by atoms with Crippen molar-refractivity contribution in [1.82, 2.24) is 19.7 Å². The number of aromatic nitrogens is 3. The van der Waals surface area contributed by atoms with Crippen LogP contribution in [0, 0.1) is 0 Å². The number of aromatic hydroxyl groups is 1. The minimum Gasteiger partial charge on any atom is -0.508 e. The van der Waals surface area contributed by atoms with Crippen LogP contribution in [0.3, 0.4) is 0 Å². The fraction of sp³-hybridized carbons (Fsp3) is 0.333. The van der Waals surface area contributed by atoms with E-state index in [-0.39, 0.29) is 5.75 Å². The Morgan fingerprint density at radius 3 is 2.46 bits per heavy atom. The molecule has 2 heterocycles. The van der Waals surface area contributed by atoms with E-state index in [2.05, 4.69) is 31.8 Å². The molecule has 2 aromatic carbocycles. The predicted molar refractivity (Wildman–Crippen MR) is 111 cm³/mol. The van der Waals surface area contributed by atoms with Gasteiger partial charge in [0.05, 0.1) is 19.8 Å². The van der Waals surface area contributed by atoms with Crippen LogP contribution < -0.4 is 0 Å². The molecule has 1 aliphatic heterocycles. The fourth-order valence-electron chi connectivity index (χ4n) is 3.22. The molecule has 6 nitrogen and oxygen atoms in total. The topological polar surface area (TPSA) is 63.4 Å². The molecule has 3 aromatic rings. The Kier molecular flexibility index (Phi) is 6.26. The lowest BCUT2D eigenvalue weighted by atomic mass is 10.2. The van der Waals surface area contributed by atoms with Crippen LogP contribution in [-0.2, 0) is 11.3 Å². The number of morpholine rings is 1. The summed E-state index contributed by atoms with van der Waals surface area (Å²) in [6, 6.07) is 17.5. The van der Waals surface area contributed by atoms with Crippen molar-refractivity contribution in [1.29, 1.82) is 0 Å². The summed E-state index contributed by atoms with van der Waals surface area (Å²) in [7, 11) is 0. The molecule has 0 spiro atoms. The lowest BCUT2D eigenvalue weighted by molar-refractivity contribution is 0.0410. The molecule has 4 rings (SSSR count). The van der Waals surface area contributed by atoms with Crippen LogP contribution in [0.4, 0.5) is 0 Å². The number of hydrogen-bond acceptors (Lipinski definition) is 6. The van der Waals surface area contributed by atoms with Gasteiger partial charge >= 0.3 is 0 Å². The van der Waals surface area contributed by atoms with Crippen LogP contribution in [0.15, 0.2) is 59.8 Å². The molecule has 1 saturated heterocycles. The minimum absolute atomic E-state index is 0.248. The number of benzene rings is 2. The van der Waals surface area contributed by atoms with Crippen molar-refractivity contribution in [2.45, 2.75) is 11.7 Å². The van der Waals surface area contributed by atoms with Gasteiger partial charge in [0, 0.05) is 31.0 Å². The van der Waals surface area contributed by atoms with Crippen LogP contribution in [0.5, 0.6) is 5.75 Å². The normalized spacial score (nSPS) is 15.0. The van der Waals surface area contributed by atoms with E-state index in [0.717, 1.165) is 55.1 Å². The maximum absolute atomic E-state index is 9.59. The number of ether oxygens (including phenoxy) is 1. The van der Waals surface area contributed by atoms with Crippen molar-refractivity contribution in [2.75, 3.05) is 38.6 Å². The van der Waals surface area contributed by atoms with Crippen molar-refractivity contribution in [3.05, 3.63) is 60.2 Å². The largest absolute Gasteiger partial charge is 0.508 e. The molecule has 1 aliphatic rings. The molecule has 0 saturated carbocycles. The molecule has 7 heteroatoms. The molecule has 0 radical (unpaired) electrons. The summed E-state index contributed by atoms with van der Waals surface area (Å²) < 4.78 is 7.58. The van der Waals surface area contributed by atoms with Gasteiger partial charge in [-0.2, -0.15) is 0 Å². The molecule has 1 aromatic heterocycles. The average Bonchev–Trinajstić information content (AvgIpc) is 3.13. The van der Waals surface area contributed by atoms with Crippen LogP contribution in [-0.4, -0.2) is 63.4 Å². The number of thioether (sulfide) groups is 1. The molecule has 28 heavy (non-hydrogen) atoms. The zero-order valence-electron chi connectivity index (χ0n) is 15.7. The SMILES string of the molecule is Oc1ccc(-c2nnc(SCCN3CCOCC3)n2Cc2ccccc2)cc1. The van der Waals surface area contributed by atoms with E-state index in [4.69, 9.17) is 4.74 Å². The second-order valence-corrected chi connectivity index (χ2v) is 7.79. The second-order valence-electron chi connectivity index (χ2n) is 6.73. The number of phenolic OH excluding ortho intramolecular Hbond substituents is 1. The highest BCUT2D eigenvalue weighted by molar-refractivity contribution is 7.99. The van der Waals surface area contributed by atoms with Crippen molar-refractivity contribution in [3.63, 3.8) is 0 Å². The fourth-order valence-corrected chi connectivity index (χ4v) is 4.16. The lowest BCUT2D eigenvalue weighted by Crippen LogP contribution is -2.37. The Labute approximate surface area is 169 Å². The van der Waals surface area contributed by atoms with Crippen molar-refractivity contribution < 1.29 is 9.84 Å². The van der Waals surface area contributed by atoms with E-state index in [1.165, 1.54) is 5.56 Å². The van der Waals surface area contributed by atoms with Gasteiger partial charge in [0.1, 0.15) is 5.75 Å². The van der Waals surface area contributed by atoms with Gasteiger partial charge in [-0.05, 0) is 29.8 Å². The van der Waals surface area contributed by atoms with E-state index >= 15 is 0 Å². The maximum atomic E-state index is 9.59. The Morgan fingerprint density at radius 2 is 1.71 bits per heavy atom. The Morgan fingerprint density at radius 1 is 0.964 bits per heavy atom. The van der Waals surface area contributed by atoms with Gasteiger partial charge in [0.25, 0.3) is 0 Å². The van der Waals surface area contributed by atoms with Gasteiger partial charge in [-0.25, -0.2) is 0 Å². The van der Waals surface area contributed by atoms with Gasteiger partial charge in [0.2, 0.25) is 0 Å². The summed E-state index contributed by atoms with van der Waals surface area (Å²) in [5.74, 6) is 2.03. The Bertz CT molecular complexity index is 877. The third-order valence-electron chi connectivity index (χ3n) is 4.77. The Hall–Kier alpha value is -2.35. The van der Waals surface area contributed by atoms with E-state index in [9.17, 15) is 5.11 Å². The van der Waals surface area contributed by atoms with Gasteiger partial charge in [-0.3, -0.25) is 9.47 Å². The molecule has 0 aliphatic carbocycles. The first-order chi connectivity index (χ1) is 13.8. The molecule has 1 N–H and O–H groups in total. The first-order valence-electron chi connectivity index (χ1n) is 9.49. The molecule has 146 valence electrons. The first-order valence-corrected chi connectivity index (χ1v) is 10.5. The molecule has 0 bridgehead atoms. The van der Waals surface area contributed by atoms with Crippen LogP contribution >= 0.6 is 11.8 Å². The zero-order valence-corrected chi connectivity index (χ0v) is 16.5. The second kappa shape index (κ2) is 9.23. The third-order valence-corrected chi connectivity index (χ3v) is 5.72. The quantitative estimate of drug-likeness (QED) is 0.619. The molecule has 1 fully saturated rings. The molecule has 0 unspecified atom stereocenters. The molecular weight excluding hydrogens is 372 g/mol. The number of hydrogen-bond donors (Lipinski definition) is 1. The Balaban J connectivity index is 1.53. The van der Waals surface area contributed by atoms with Crippen LogP contribution in [0.25, 0.3) is 11.4 Å². The molecule has 0 amide bonds. The van der Waals surface area contributed by atoms with Gasteiger partial charge in [-0.1, -0.05) is 42.1 Å². The minimum atomic E-state index is 0.248. The van der Waals surface area contributed by atoms with Gasteiger partial charge < -0.3 is 9.84 Å². The monoisotopic (exact) mass is 396 g/mol. The lowest BCUT2D eigenvalue weighted by Gasteiger charge is -2.26. The standard InChI is InChI=1S/C21H24N4O2S/c26-19-8-6-18(7-9-19)20-22-23-21(25(20)16-17-4-2-1-3-5-17)28-15-12-24-10-13-27-14-11-24/h1-9,26H,10-16H2. The summed E-state index contributed by atoms with van der Waals surface area (Å²) >= 11 is 1.74. The average molecular weight is 397 g/mol. The molecular formula is C21H24N4O2S. The number of phenols is 1. The van der Waals surface area contributed by atoms with E-state index in [1.54, 1.807) is 23.9 Å². The summed E-state index contributed by atoms with van der Waals surface area (Å²) in [6.45, 7) is 5.36. The smallest absolute Gasteiger partial charge is 0.191 e. The predicted octanol–water partition coefficient (Wildman–Crippen LogP) is 3.12. The van der Waals surface area contributed by atoms with E-state index < -0.39 is 0 Å².